The van der Waals surface area contributed by atoms with E-state index in [1.165, 1.54) is 0 Å². The Bertz CT molecular complexity index is 772. The number of piperidine rings is 1. The van der Waals surface area contributed by atoms with Crippen LogP contribution in [0.2, 0.25) is 0 Å². The number of ether oxygens (including phenoxy) is 2. The van der Waals surface area contributed by atoms with Crippen molar-refractivity contribution in [2.24, 2.45) is 0 Å². The van der Waals surface area contributed by atoms with Crippen LogP contribution in [-0.4, -0.2) is 47.7 Å². The third-order valence-corrected chi connectivity index (χ3v) is 5.20. The molecule has 3 rings (SSSR count). The molecule has 146 valence electrons. The average molecular weight is 371 g/mol. The molecule has 1 unspecified atom stereocenters. The highest BCUT2D eigenvalue weighted by Crippen LogP contribution is 2.30. The van der Waals surface area contributed by atoms with Crippen molar-refractivity contribution in [3.05, 3.63) is 42.0 Å². The zero-order chi connectivity index (χ0) is 19.2. The number of carbonyl (C=O) groups excluding carboxylic acids is 1. The lowest BCUT2D eigenvalue weighted by molar-refractivity contribution is 0.0703. The fraction of sp³-hybridized carbons (Fsp3) is 0.524. The first-order chi connectivity index (χ1) is 13.2. The summed E-state index contributed by atoms with van der Waals surface area (Å²) in [5.74, 6) is 2.63. The molecule has 1 aliphatic rings. The van der Waals surface area contributed by atoms with E-state index < -0.39 is 0 Å². The van der Waals surface area contributed by atoms with Crippen molar-refractivity contribution in [1.29, 1.82) is 0 Å². The second kappa shape index (κ2) is 8.93. The van der Waals surface area contributed by atoms with Crippen molar-refractivity contribution >= 4 is 5.91 Å². The smallest absolute Gasteiger partial charge is 0.254 e. The third kappa shape index (κ3) is 4.26. The Hall–Kier alpha value is -2.50. The van der Waals surface area contributed by atoms with E-state index in [-0.39, 0.29) is 11.8 Å². The van der Waals surface area contributed by atoms with Crippen molar-refractivity contribution in [2.45, 2.75) is 45.1 Å². The fourth-order valence-corrected chi connectivity index (χ4v) is 3.72. The molecule has 6 heteroatoms. The molecule has 0 radical (unpaired) electrons. The average Bonchev–Trinajstić information content (AvgIpc) is 3.19. The molecule has 6 nitrogen and oxygen atoms in total. The summed E-state index contributed by atoms with van der Waals surface area (Å²) >= 11 is 0. The topological polar surface area (TPSA) is 56.6 Å². The Morgan fingerprint density at radius 1 is 1.26 bits per heavy atom. The summed E-state index contributed by atoms with van der Waals surface area (Å²) in [5.41, 5.74) is 0.627. The van der Waals surface area contributed by atoms with Crippen LogP contribution >= 0.6 is 0 Å². The Morgan fingerprint density at radius 2 is 2.07 bits per heavy atom. The van der Waals surface area contributed by atoms with E-state index in [0.717, 1.165) is 44.6 Å². The first kappa shape index (κ1) is 19.3. The van der Waals surface area contributed by atoms with Crippen molar-refractivity contribution < 1.29 is 14.3 Å². The number of imidazole rings is 1. The number of hydrogen-bond acceptors (Lipinski definition) is 4. The highest BCUT2D eigenvalue weighted by atomic mass is 16.5. The number of aryl methyl sites for hydroxylation is 1. The minimum atomic E-state index is 0.0346. The molecule has 1 saturated heterocycles. The molecule has 1 fully saturated rings. The summed E-state index contributed by atoms with van der Waals surface area (Å²) < 4.78 is 12.9. The van der Waals surface area contributed by atoms with Crippen LogP contribution in [0.25, 0.3) is 0 Å². The SMILES string of the molecule is CCCCn1ccnc1C1CCCN(C(=O)c2ccc(OC)c(OC)c2)C1. The minimum absolute atomic E-state index is 0.0346. The Morgan fingerprint density at radius 3 is 2.81 bits per heavy atom. The van der Waals surface area contributed by atoms with E-state index in [2.05, 4.69) is 22.7 Å². The van der Waals surface area contributed by atoms with Crippen molar-refractivity contribution in [3.63, 3.8) is 0 Å². The molecule has 2 aromatic rings. The molecule has 0 spiro atoms. The van der Waals surface area contributed by atoms with Crippen LogP contribution in [0.3, 0.4) is 0 Å². The highest BCUT2D eigenvalue weighted by Gasteiger charge is 2.28. The number of unbranched alkanes of at least 4 members (excludes halogenated alkanes) is 1. The number of amides is 1. The van der Waals surface area contributed by atoms with Gasteiger partial charge in [0.15, 0.2) is 11.5 Å². The van der Waals surface area contributed by atoms with Crippen molar-refractivity contribution in [1.82, 2.24) is 14.5 Å². The molecule has 1 aromatic carbocycles. The molecule has 27 heavy (non-hydrogen) atoms. The summed E-state index contributed by atoms with van der Waals surface area (Å²) in [4.78, 5) is 19.6. The van der Waals surface area contributed by atoms with Gasteiger partial charge in [-0.15, -0.1) is 0 Å². The molecule has 1 aromatic heterocycles. The van der Waals surface area contributed by atoms with Crippen LogP contribution in [-0.2, 0) is 6.54 Å². The molecule has 0 saturated carbocycles. The number of aromatic nitrogens is 2. The van der Waals surface area contributed by atoms with Gasteiger partial charge in [-0.05, 0) is 37.5 Å². The first-order valence-corrected chi connectivity index (χ1v) is 9.70. The van der Waals surface area contributed by atoms with Crippen molar-refractivity contribution in [3.8, 4) is 11.5 Å². The lowest BCUT2D eigenvalue weighted by atomic mass is 9.96. The largest absolute Gasteiger partial charge is 0.493 e. The van der Waals surface area contributed by atoms with E-state index >= 15 is 0 Å². The van der Waals surface area contributed by atoms with Gasteiger partial charge in [0, 0.05) is 43.5 Å². The Labute approximate surface area is 161 Å². The quantitative estimate of drug-likeness (QED) is 0.744. The van der Waals surface area contributed by atoms with Gasteiger partial charge in [-0.25, -0.2) is 4.98 Å². The monoisotopic (exact) mass is 371 g/mol. The van der Waals surface area contributed by atoms with Gasteiger partial charge in [0.25, 0.3) is 5.91 Å². The standard InChI is InChI=1S/C21H29N3O3/c1-4-5-11-23-13-10-22-20(23)17-7-6-12-24(15-17)21(25)16-8-9-18(26-2)19(14-16)27-3/h8-10,13-14,17H,4-7,11-12,15H2,1-3H3. The zero-order valence-corrected chi connectivity index (χ0v) is 16.5. The Balaban J connectivity index is 1.74. The van der Waals surface area contributed by atoms with Gasteiger partial charge in [-0.1, -0.05) is 13.3 Å². The lowest BCUT2D eigenvalue weighted by Gasteiger charge is -2.33. The van der Waals surface area contributed by atoms with E-state index in [4.69, 9.17) is 9.47 Å². The number of benzene rings is 1. The van der Waals surface area contributed by atoms with Gasteiger partial charge in [0.2, 0.25) is 0 Å². The maximum absolute atomic E-state index is 13.0. The summed E-state index contributed by atoms with van der Waals surface area (Å²) in [6.07, 6.45) is 8.29. The predicted molar refractivity (Wildman–Crippen MR) is 105 cm³/mol. The third-order valence-electron chi connectivity index (χ3n) is 5.20. The summed E-state index contributed by atoms with van der Waals surface area (Å²) in [6.45, 7) is 4.67. The van der Waals surface area contributed by atoms with Gasteiger partial charge in [-0.2, -0.15) is 0 Å². The number of rotatable bonds is 7. The highest BCUT2D eigenvalue weighted by molar-refractivity contribution is 5.95. The second-order valence-electron chi connectivity index (χ2n) is 6.99. The summed E-state index contributed by atoms with van der Waals surface area (Å²) in [6, 6.07) is 5.34. The molecule has 2 heterocycles. The lowest BCUT2D eigenvalue weighted by Crippen LogP contribution is -2.39. The molecule has 1 amide bonds. The summed E-state index contributed by atoms with van der Waals surface area (Å²) in [5, 5.41) is 0. The molecular formula is C21H29N3O3. The zero-order valence-electron chi connectivity index (χ0n) is 16.5. The molecule has 1 atom stereocenters. The Kier molecular flexibility index (Phi) is 6.37. The molecule has 1 aliphatic heterocycles. The van der Waals surface area contributed by atoms with Crippen LogP contribution in [0.4, 0.5) is 0 Å². The van der Waals surface area contributed by atoms with E-state index in [1.54, 1.807) is 32.4 Å². The second-order valence-corrected chi connectivity index (χ2v) is 6.99. The molecule has 0 aliphatic carbocycles. The number of carbonyl (C=O) groups is 1. The molecular weight excluding hydrogens is 342 g/mol. The van der Waals surface area contributed by atoms with Crippen molar-refractivity contribution in [2.75, 3.05) is 27.3 Å². The number of hydrogen-bond donors (Lipinski definition) is 0. The van der Waals surface area contributed by atoms with E-state index in [9.17, 15) is 4.79 Å². The van der Waals surface area contributed by atoms with Crippen LogP contribution < -0.4 is 9.47 Å². The number of nitrogens with zero attached hydrogens (tertiary/aromatic N) is 3. The fourth-order valence-electron chi connectivity index (χ4n) is 3.72. The van der Waals surface area contributed by atoms with Gasteiger partial charge in [-0.3, -0.25) is 4.79 Å². The van der Waals surface area contributed by atoms with E-state index in [1.807, 2.05) is 11.1 Å². The maximum atomic E-state index is 13.0. The normalized spacial score (nSPS) is 17.0. The molecule has 0 bridgehead atoms. The number of methoxy groups -OCH3 is 2. The van der Waals surface area contributed by atoms with Gasteiger partial charge in [0.05, 0.1) is 14.2 Å². The van der Waals surface area contributed by atoms with Crippen LogP contribution in [0.15, 0.2) is 30.6 Å². The maximum Gasteiger partial charge on any atom is 0.254 e. The minimum Gasteiger partial charge on any atom is -0.493 e. The van der Waals surface area contributed by atoms with Gasteiger partial charge >= 0.3 is 0 Å². The molecule has 0 N–H and O–H groups in total. The predicted octanol–water partition coefficient (Wildman–Crippen LogP) is 3.72. The first-order valence-electron chi connectivity index (χ1n) is 9.70. The summed E-state index contributed by atoms with van der Waals surface area (Å²) in [7, 11) is 3.17. The van der Waals surface area contributed by atoms with Crippen LogP contribution in [0.5, 0.6) is 11.5 Å². The van der Waals surface area contributed by atoms with Gasteiger partial charge < -0.3 is 18.9 Å². The van der Waals surface area contributed by atoms with Crippen LogP contribution in [0, 0.1) is 0 Å². The van der Waals surface area contributed by atoms with Gasteiger partial charge in [0.1, 0.15) is 5.82 Å². The van der Waals surface area contributed by atoms with E-state index in [0.29, 0.717) is 23.6 Å². The number of likely N-dealkylation sites (tertiary alicyclic amines) is 1. The van der Waals surface area contributed by atoms with Crippen LogP contribution in [0.1, 0.15) is 54.7 Å².